The van der Waals surface area contributed by atoms with Crippen molar-refractivity contribution in [2.75, 3.05) is 13.7 Å². The Morgan fingerprint density at radius 3 is 2.71 bits per heavy atom. The number of hydrogen-bond donors (Lipinski definition) is 0. The minimum Gasteiger partial charge on any atom is -0.497 e. The second-order valence-corrected chi connectivity index (χ2v) is 6.41. The van der Waals surface area contributed by atoms with Gasteiger partial charge in [0, 0.05) is 18.2 Å². The Kier molecular flexibility index (Phi) is 4.88. The van der Waals surface area contributed by atoms with Crippen molar-refractivity contribution in [1.29, 1.82) is 0 Å². The number of aromatic nitrogens is 1. The van der Waals surface area contributed by atoms with E-state index in [2.05, 4.69) is 17.3 Å². The van der Waals surface area contributed by atoms with E-state index in [0.29, 0.717) is 6.42 Å². The van der Waals surface area contributed by atoms with E-state index in [1.165, 1.54) is 5.56 Å². The number of likely N-dealkylation sites (tertiary alicyclic amines) is 1. The maximum atomic E-state index is 12.8. The molecular formula is C19H24N2O3. The second-order valence-electron chi connectivity index (χ2n) is 6.41. The number of amides is 1. The Morgan fingerprint density at radius 2 is 2.08 bits per heavy atom. The largest absolute Gasteiger partial charge is 0.497 e. The van der Waals surface area contributed by atoms with Gasteiger partial charge >= 0.3 is 0 Å². The normalized spacial score (nSPS) is 17.3. The molecule has 0 N–H and O–H groups in total. The molecule has 1 aromatic carbocycles. The predicted octanol–water partition coefficient (Wildman–Crippen LogP) is 3.08. The van der Waals surface area contributed by atoms with Gasteiger partial charge in [-0.1, -0.05) is 17.3 Å². The van der Waals surface area contributed by atoms with Gasteiger partial charge in [0.1, 0.15) is 11.5 Å². The maximum Gasteiger partial charge on any atom is 0.227 e. The molecule has 1 aliphatic rings. The highest BCUT2D eigenvalue weighted by Crippen LogP contribution is 2.24. The number of hydrogen-bond acceptors (Lipinski definition) is 4. The number of nitrogens with zero attached hydrogens (tertiary/aromatic N) is 2. The van der Waals surface area contributed by atoms with Crippen LogP contribution in [0.2, 0.25) is 0 Å². The van der Waals surface area contributed by atoms with Gasteiger partial charge in [0.25, 0.3) is 0 Å². The fourth-order valence-corrected chi connectivity index (χ4v) is 3.42. The standard InChI is InChI=1S/C19H24N2O3/c1-13-18(14(2)24-20-13)12-19(22)21-10-4-5-16(21)11-15-6-8-17(23-3)9-7-15/h6-9,16H,4-5,10-12H2,1-3H3. The molecule has 1 unspecified atom stereocenters. The molecule has 24 heavy (non-hydrogen) atoms. The maximum absolute atomic E-state index is 12.8. The molecule has 128 valence electrons. The molecule has 1 aromatic heterocycles. The summed E-state index contributed by atoms with van der Waals surface area (Å²) in [5.41, 5.74) is 2.97. The van der Waals surface area contributed by atoms with Crippen LogP contribution < -0.4 is 4.74 Å². The van der Waals surface area contributed by atoms with Gasteiger partial charge in [-0.25, -0.2) is 0 Å². The van der Waals surface area contributed by atoms with E-state index >= 15 is 0 Å². The molecule has 0 aliphatic carbocycles. The highest BCUT2D eigenvalue weighted by Gasteiger charge is 2.29. The number of ether oxygens (including phenoxy) is 1. The Bertz CT molecular complexity index is 686. The summed E-state index contributed by atoms with van der Waals surface area (Å²) < 4.78 is 10.4. The molecule has 1 atom stereocenters. The van der Waals surface area contributed by atoms with E-state index in [4.69, 9.17) is 9.26 Å². The zero-order valence-corrected chi connectivity index (χ0v) is 14.5. The van der Waals surface area contributed by atoms with Crippen molar-refractivity contribution in [3.63, 3.8) is 0 Å². The first-order valence-corrected chi connectivity index (χ1v) is 8.42. The molecule has 0 radical (unpaired) electrons. The Balaban J connectivity index is 1.67. The molecule has 0 bridgehead atoms. The van der Waals surface area contributed by atoms with E-state index in [9.17, 15) is 4.79 Å². The van der Waals surface area contributed by atoms with Gasteiger partial charge in [-0.2, -0.15) is 0 Å². The first-order chi connectivity index (χ1) is 11.6. The van der Waals surface area contributed by atoms with Gasteiger partial charge in [0.2, 0.25) is 5.91 Å². The molecule has 1 amide bonds. The van der Waals surface area contributed by atoms with Crippen molar-refractivity contribution in [1.82, 2.24) is 10.1 Å². The highest BCUT2D eigenvalue weighted by molar-refractivity contribution is 5.79. The zero-order chi connectivity index (χ0) is 17.1. The lowest BCUT2D eigenvalue weighted by molar-refractivity contribution is -0.131. The van der Waals surface area contributed by atoms with Gasteiger partial charge in [-0.05, 0) is 50.8 Å². The van der Waals surface area contributed by atoms with Crippen LogP contribution in [0.5, 0.6) is 5.75 Å². The third-order valence-corrected chi connectivity index (χ3v) is 4.84. The number of rotatable bonds is 5. The van der Waals surface area contributed by atoms with Crippen LogP contribution >= 0.6 is 0 Å². The number of aryl methyl sites for hydroxylation is 2. The third kappa shape index (κ3) is 3.45. The first kappa shape index (κ1) is 16.6. The zero-order valence-electron chi connectivity index (χ0n) is 14.5. The van der Waals surface area contributed by atoms with Crippen LogP contribution in [0.25, 0.3) is 0 Å². The molecule has 1 fully saturated rings. The second kappa shape index (κ2) is 7.07. The molecule has 5 heteroatoms. The van der Waals surface area contributed by atoms with E-state index in [0.717, 1.165) is 48.6 Å². The summed E-state index contributed by atoms with van der Waals surface area (Å²) in [5, 5.41) is 3.94. The summed E-state index contributed by atoms with van der Waals surface area (Å²) in [4.78, 5) is 14.8. The molecule has 0 spiro atoms. The summed E-state index contributed by atoms with van der Waals surface area (Å²) in [6, 6.07) is 8.37. The lowest BCUT2D eigenvalue weighted by atomic mass is 10.0. The lowest BCUT2D eigenvalue weighted by Gasteiger charge is -2.25. The average molecular weight is 328 g/mol. The fourth-order valence-electron chi connectivity index (χ4n) is 3.42. The number of methoxy groups -OCH3 is 1. The quantitative estimate of drug-likeness (QED) is 0.846. The number of carbonyl (C=O) groups excluding carboxylic acids is 1. The van der Waals surface area contributed by atoms with Crippen LogP contribution in [-0.2, 0) is 17.6 Å². The molecule has 2 aromatic rings. The van der Waals surface area contributed by atoms with Gasteiger partial charge in [-0.3, -0.25) is 4.79 Å². The Hall–Kier alpha value is -2.30. The average Bonchev–Trinajstić information content (AvgIpc) is 3.17. The van der Waals surface area contributed by atoms with Crippen molar-refractivity contribution in [2.24, 2.45) is 0 Å². The fraction of sp³-hybridized carbons (Fsp3) is 0.474. The van der Waals surface area contributed by atoms with Crippen molar-refractivity contribution in [2.45, 2.75) is 45.6 Å². The van der Waals surface area contributed by atoms with Gasteiger partial charge in [0.15, 0.2) is 0 Å². The molecule has 3 rings (SSSR count). The van der Waals surface area contributed by atoms with Crippen molar-refractivity contribution in [3.8, 4) is 5.75 Å². The van der Waals surface area contributed by atoms with E-state index in [1.807, 2.05) is 30.9 Å². The monoisotopic (exact) mass is 328 g/mol. The molecule has 2 heterocycles. The molecular weight excluding hydrogens is 304 g/mol. The lowest BCUT2D eigenvalue weighted by Crippen LogP contribution is -2.37. The van der Waals surface area contributed by atoms with Gasteiger partial charge < -0.3 is 14.2 Å². The summed E-state index contributed by atoms with van der Waals surface area (Å²) in [6.07, 6.45) is 3.38. The SMILES string of the molecule is COc1ccc(CC2CCCN2C(=O)Cc2c(C)noc2C)cc1. The minimum atomic E-state index is 0.167. The van der Waals surface area contributed by atoms with Crippen LogP contribution in [0.15, 0.2) is 28.8 Å². The summed E-state index contributed by atoms with van der Waals surface area (Å²) in [5.74, 6) is 1.77. The molecule has 5 nitrogen and oxygen atoms in total. The van der Waals surface area contributed by atoms with Gasteiger partial charge in [-0.15, -0.1) is 0 Å². The van der Waals surface area contributed by atoms with E-state index < -0.39 is 0 Å². The molecule has 1 aliphatic heterocycles. The van der Waals surface area contributed by atoms with Gasteiger partial charge in [0.05, 0.1) is 19.2 Å². The summed E-state index contributed by atoms with van der Waals surface area (Å²) in [6.45, 7) is 4.59. The van der Waals surface area contributed by atoms with Crippen LogP contribution in [0.4, 0.5) is 0 Å². The van der Waals surface area contributed by atoms with Crippen molar-refractivity contribution < 1.29 is 14.1 Å². The Morgan fingerprint density at radius 1 is 1.33 bits per heavy atom. The van der Waals surface area contributed by atoms with Crippen LogP contribution in [-0.4, -0.2) is 35.7 Å². The van der Waals surface area contributed by atoms with Crippen molar-refractivity contribution >= 4 is 5.91 Å². The van der Waals surface area contributed by atoms with Crippen molar-refractivity contribution in [3.05, 3.63) is 46.8 Å². The predicted molar refractivity (Wildman–Crippen MR) is 91.1 cm³/mol. The Labute approximate surface area is 142 Å². The minimum absolute atomic E-state index is 0.167. The van der Waals surface area contributed by atoms with E-state index in [-0.39, 0.29) is 11.9 Å². The third-order valence-electron chi connectivity index (χ3n) is 4.84. The molecule has 1 saturated heterocycles. The van der Waals surface area contributed by atoms with E-state index in [1.54, 1.807) is 7.11 Å². The topological polar surface area (TPSA) is 55.6 Å². The van der Waals surface area contributed by atoms with Crippen LogP contribution in [0.3, 0.4) is 0 Å². The number of benzene rings is 1. The first-order valence-electron chi connectivity index (χ1n) is 8.42. The number of carbonyl (C=O) groups is 1. The summed E-state index contributed by atoms with van der Waals surface area (Å²) in [7, 11) is 1.67. The smallest absolute Gasteiger partial charge is 0.227 e. The summed E-state index contributed by atoms with van der Waals surface area (Å²) >= 11 is 0. The molecule has 0 saturated carbocycles. The van der Waals surface area contributed by atoms with Crippen LogP contribution in [0, 0.1) is 13.8 Å². The van der Waals surface area contributed by atoms with Crippen LogP contribution in [0.1, 0.15) is 35.4 Å². The highest BCUT2D eigenvalue weighted by atomic mass is 16.5.